The topological polar surface area (TPSA) is 89.8 Å². The normalized spacial score (nSPS) is 14.8. The minimum absolute atomic E-state index is 0.0614. The van der Waals surface area contributed by atoms with Crippen LogP contribution in [0.1, 0.15) is 94.6 Å². The molecule has 4 rings (SSSR count). The highest BCUT2D eigenvalue weighted by molar-refractivity contribution is 5.59. The molecule has 0 aliphatic carbocycles. The van der Waals surface area contributed by atoms with E-state index in [1.165, 1.54) is 0 Å². The Kier molecular flexibility index (Phi) is 12.9. The monoisotopic (exact) mass is 543 g/mol. The van der Waals surface area contributed by atoms with Crippen molar-refractivity contribution in [1.29, 1.82) is 5.26 Å². The molecule has 2 aromatic heterocycles. The maximum atomic E-state index is 10.0. The average molecular weight is 544 g/mol. The Balaban J connectivity index is 0.00000125. The first kappa shape index (κ1) is 34.2. The van der Waals surface area contributed by atoms with Crippen molar-refractivity contribution >= 4 is 0 Å². The third-order valence-corrected chi connectivity index (χ3v) is 7.24. The predicted molar refractivity (Wildman–Crippen MR) is 167 cm³/mol. The van der Waals surface area contributed by atoms with Gasteiger partial charge in [-0.15, -0.1) is 0 Å². The van der Waals surface area contributed by atoms with Crippen LogP contribution in [0.3, 0.4) is 0 Å². The summed E-state index contributed by atoms with van der Waals surface area (Å²) >= 11 is 0. The lowest BCUT2D eigenvalue weighted by atomic mass is 9.59. The van der Waals surface area contributed by atoms with Crippen LogP contribution in [0, 0.1) is 22.2 Å². The van der Waals surface area contributed by atoms with Gasteiger partial charge in [0.25, 0.3) is 0 Å². The number of aromatic nitrogens is 3. The second-order valence-corrected chi connectivity index (χ2v) is 10.2. The largest absolute Gasteiger partial charge is 0.445 e. The summed E-state index contributed by atoms with van der Waals surface area (Å²) in [5.74, 6) is 1.51. The summed E-state index contributed by atoms with van der Waals surface area (Å²) in [5.41, 5.74) is 10.4. The zero-order valence-corrected chi connectivity index (χ0v) is 26.6. The maximum Gasteiger partial charge on any atom is 0.205 e. The van der Waals surface area contributed by atoms with Crippen molar-refractivity contribution in [3.8, 4) is 23.1 Å². The van der Waals surface area contributed by atoms with Crippen LogP contribution >= 0.6 is 0 Å². The number of nitriles is 1. The zero-order valence-electron chi connectivity index (χ0n) is 26.6. The number of pyridine rings is 1. The van der Waals surface area contributed by atoms with Crippen molar-refractivity contribution in [2.24, 2.45) is 16.6 Å². The Hall–Kier alpha value is -3.85. The number of ether oxygens (including phenoxy) is 1. The van der Waals surface area contributed by atoms with Gasteiger partial charge in [-0.05, 0) is 53.2 Å². The molecule has 40 heavy (non-hydrogen) atoms. The average Bonchev–Trinajstić information content (AvgIpc) is 3.46. The van der Waals surface area contributed by atoms with Gasteiger partial charge in [-0.1, -0.05) is 88.3 Å². The number of nitrogens with two attached hydrogens (primary N) is 1. The van der Waals surface area contributed by atoms with Crippen LogP contribution in [0.2, 0.25) is 0 Å². The van der Waals surface area contributed by atoms with Gasteiger partial charge in [-0.2, -0.15) is 5.26 Å². The molecular formula is C34H49N5O. The highest BCUT2D eigenvalue weighted by Gasteiger charge is 2.45. The van der Waals surface area contributed by atoms with Crippen molar-refractivity contribution in [2.75, 3.05) is 0 Å². The van der Waals surface area contributed by atoms with E-state index in [1.807, 2.05) is 71.4 Å². The molecule has 2 N–H and O–H groups in total. The van der Waals surface area contributed by atoms with E-state index >= 15 is 0 Å². The van der Waals surface area contributed by atoms with Crippen LogP contribution in [0.5, 0.6) is 0 Å². The lowest BCUT2D eigenvalue weighted by Crippen LogP contribution is -2.37. The fourth-order valence-electron chi connectivity index (χ4n) is 4.48. The molecule has 3 aromatic rings. The van der Waals surface area contributed by atoms with Gasteiger partial charge in [0, 0.05) is 42.0 Å². The zero-order chi connectivity index (χ0) is 30.7. The van der Waals surface area contributed by atoms with E-state index in [2.05, 4.69) is 74.9 Å². The highest BCUT2D eigenvalue weighted by Crippen LogP contribution is 2.54. The molecule has 1 aliphatic heterocycles. The van der Waals surface area contributed by atoms with Gasteiger partial charge < -0.3 is 10.5 Å². The van der Waals surface area contributed by atoms with Crippen molar-refractivity contribution < 1.29 is 4.74 Å². The Bertz CT molecular complexity index is 1300. The molecule has 6 nitrogen and oxygen atoms in total. The van der Waals surface area contributed by atoms with Gasteiger partial charge in [0.15, 0.2) is 0 Å². The molecule has 216 valence electrons. The number of hydrogen-bond donors (Lipinski definition) is 1. The molecule has 6 heteroatoms. The molecular weight excluding hydrogens is 494 g/mol. The van der Waals surface area contributed by atoms with E-state index in [0.717, 1.165) is 34.0 Å². The Morgan fingerprint density at radius 2 is 1.43 bits per heavy atom. The standard InChI is InChI=1S/C28H31N5O.3C2H6/c1-18-24(28(5,6)27(2,3)4)23(22(17-29)25(30)34-18)19-7-9-21(10-8-19)33-16-15-32-26(33)20-11-13-31-14-12-20;3*1-2/h7-16,23H,30H2,1-6H3;3*1-2H3. The van der Waals surface area contributed by atoms with Crippen molar-refractivity contribution in [3.05, 3.63) is 89.5 Å². The molecule has 0 saturated carbocycles. The van der Waals surface area contributed by atoms with Crippen molar-refractivity contribution in [3.63, 3.8) is 0 Å². The van der Waals surface area contributed by atoms with Crippen LogP contribution in [-0.4, -0.2) is 14.5 Å². The fourth-order valence-corrected chi connectivity index (χ4v) is 4.48. The van der Waals surface area contributed by atoms with Crippen molar-refractivity contribution in [1.82, 2.24) is 14.5 Å². The first-order chi connectivity index (χ1) is 19.1. The molecule has 0 bridgehead atoms. The van der Waals surface area contributed by atoms with Gasteiger partial charge in [-0.3, -0.25) is 9.55 Å². The van der Waals surface area contributed by atoms with E-state index in [9.17, 15) is 5.26 Å². The van der Waals surface area contributed by atoms with E-state index in [1.54, 1.807) is 18.6 Å². The van der Waals surface area contributed by atoms with Crippen molar-refractivity contribution in [2.45, 2.75) is 89.0 Å². The summed E-state index contributed by atoms with van der Waals surface area (Å²) in [5, 5.41) is 10.0. The fraction of sp³-hybridized carbons (Fsp3) is 0.441. The van der Waals surface area contributed by atoms with Crippen LogP contribution in [0.25, 0.3) is 17.1 Å². The van der Waals surface area contributed by atoms with Crippen LogP contribution < -0.4 is 5.73 Å². The summed E-state index contributed by atoms with van der Waals surface area (Å²) in [6, 6.07) is 14.5. The number of benzene rings is 1. The Labute approximate surface area is 242 Å². The lowest BCUT2D eigenvalue weighted by molar-refractivity contribution is 0.150. The maximum absolute atomic E-state index is 10.0. The van der Waals surface area contributed by atoms with Gasteiger partial charge in [0.1, 0.15) is 23.2 Å². The van der Waals surface area contributed by atoms with Crippen LogP contribution in [0.15, 0.2) is 84.0 Å². The van der Waals surface area contributed by atoms with Gasteiger partial charge in [-0.25, -0.2) is 4.98 Å². The third-order valence-electron chi connectivity index (χ3n) is 7.24. The van der Waals surface area contributed by atoms with E-state index < -0.39 is 0 Å². The summed E-state index contributed by atoms with van der Waals surface area (Å²) in [6.45, 7) is 25.0. The van der Waals surface area contributed by atoms with E-state index in [-0.39, 0.29) is 22.6 Å². The minimum atomic E-state index is -0.274. The summed E-state index contributed by atoms with van der Waals surface area (Å²) in [7, 11) is 0. The predicted octanol–water partition coefficient (Wildman–Crippen LogP) is 9.17. The Morgan fingerprint density at radius 1 is 0.875 bits per heavy atom. The molecule has 0 fully saturated rings. The molecule has 1 aromatic carbocycles. The molecule has 1 unspecified atom stereocenters. The number of nitrogens with zero attached hydrogens (tertiary/aromatic N) is 4. The lowest BCUT2D eigenvalue weighted by Gasteiger charge is -2.45. The quantitative estimate of drug-likeness (QED) is 0.354. The summed E-state index contributed by atoms with van der Waals surface area (Å²) in [4.78, 5) is 8.64. The number of allylic oxidation sites excluding steroid dienone is 3. The molecule has 0 amide bonds. The molecule has 1 atom stereocenters. The first-order valence-corrected chi connectivity index (χ1v) is 14.4. The second-order valence-electron chi connectivity index (χ2n) is 10.2. The molecule has 0 saturated heterocycles. The van der Waals surface area contributed by atoms with Gasteiger partial charge in [0.2, 0.25) is 5.88 Å². The highest BCUT2D eigenvalue weighted by atomic mass is 16.5. The van der Waals surface area contributed by atoms with Crippen LogP contribution in [0.4, 0.5) is 0 Å². The molecule has 3 heterocycles. The van der Waals surface area contributed by atoms with Gasteiger partial charge >= 0.3 is 0 Å². The minimum Gasteiger partial charge on any atom is -0.445 e. The summed E-state index contributed by atoms with van der Waals surface area (Å²) in [6.07, 6.45) is 7.25. The van der Waals surface area contributed by atoms with E-state index in [0.29, 0.717) is 5.57 Å². The smallest absolute Gasteiger partial charge is 0.205 e. The number of rotatable bonds is 4. The Morgan fingerprint density at radius 3 is 1.93 bits per heavy atom. The van der Waals surface area contributed by atoms with E-state index in [4.69, 9.17) is 10.5 Å². The second kappa shape index (κ2) is 15.1. The van der Waals surface area contributed by atoms with Crippen LogP contribution in [-0.2, 0) is 4.74 Å². The SMILES string of the molecule is CC.CC.CC.CC1=C(C(C)(C)C(C)(C)C)C(c2ccc(-n3ccnc3-c3ccncc3)cc2)C(C#N)=C(N)O1. The van der Waals surface area contributed by atoms with Gasteiger partial charge in [0.05, 0.1) is 0 Å². The molecule has 0 spiro atoms. The number of hydrogen-bond acceptors (Lipinski definition) is 5. The summed E-state index contributed by atoms with van der Waals surface area (Å²) < 4.78 is 7.92. The molecule has 1 aliphatic rings. The number of imidazole rings is 1. The third kappa shape index (κ3) is 7.01. The molecule has 0 radical (unpaired) electrons. The first-order valence-electron chi connectivity index (χ1n) is 14.4.